The fraction of sp³-hybridized carbons (Fsp3) is 0.300. The topological polar surface area (TPSA) is 114 Å². The van der Waals surface area contributed by atoms with Crippen molar-refractivity contribution in [3.63, 3.8) is 0 Å². The molecule has 0 spiro atoms. The predicted molar refractivity (Wildman–Crippen MR) is 111 cm³/mol. The first-order valence-electron chi connectivity index (χ1n) is 9.04. The third-order valence-corrected chi connectivity index (χ3v) is 5.10. The van der Waals surface area contributed by atoms with E-state index in [0.717, 1.165) is 0 Å². The van der Waals surface area contributed by atoms with Crippen molar-refractivity contribution in [1.29, 1.82) is 0 Å². The van der Waals surface area contributed by atoms with Gasteiger partial charge in [-0.25, -0.2) is 8.42 Å². The van der Waals surface area contributed by atoms with Crippen LogP contribution in [0, 0.1) is 0 Å². The van der Waals surface area contributed by atoms with E-state index in [1.807, 2.05) is 13.8 Å². The SMILES string of the molecule is CC(=O)Nc1ccc(NS(=O)(=O)c2ccc(O[C@@H](C)C(=O)NC(C)C)cc2)cc1. The Labute approximate surface area is 170 Å². The lowest BCUT2D eigenvalue weighted by Gasteiger charge is -2.16. The van der Waals surface area contributed by atoms with Crippen LogP contribution < -0.4 is 20.1 Å². The van der Waals surface area contributed by atoms with Gasteiger partial charge >= 0.3 is 0 Å². The first-order chi connectivity index (χ1) is 13.6. The average molecular weight is 420 g/mol. The lowest BCUT2D eigenvalue weighted by molar-refractivity contribution is -0.127. The molecular formula is C20H25N3O5S. The molecule has 8 nitrogen and oxygen atoms in total. The van der Waals surface area contributed by atoms with Crippen molar-refractivity contribution >= 4 is 33.2 Å². The highest BCUT2D eigenvalue weighted by Gasteiger charge is 2.17. The van der Waals surface area contributed by atoms with Gasteiger partial charge in [-0.2, -0.15) is 0 Å². The van der Waals surface area contributed by atoms with E-state index in [1.54, 1.807) is 31.2 Å². The van der Waals surface area contributed by atoms with Gasteiger partial charge in [-0.05, 0) is 69.3 Å². The van der Waals surface area contributed by atoms with Crippen LogP contribution in [0.15, 0.2) is 53.4 Å². The van der Waals surface area contributed by atoms with Crippen molar-refractivity contribution in [1.82, 2.24) is 5.32 Å². The zero-order valence-electron chi connectivity index (χ0n) is 16.7. The summed E-state index contributed by atoms with van der Waals surface area (Å²) in [5.41, 5.74) is 0.927. The predicted octanol–water partition coefficient (Wildman–Crippen LogP) is 2.74. The maximum absolute atomic E-state index is 12.5. The Balaban J connectivity index is 2.04. The number of benzene rings is 2. The third kappa shape index (κ3) is 6.79. The number of carbonyl (C=O) groups is 2. The summed E-state index contributed by atoms with van der Waals surface area (Å²) in [6, 6.07) is 12.1. The number of sulfonamides is 1. The van der Waals surface area contributed by atoms with Gasteiger partial charge in [0.2, 0.25) is 5.91 Å². The van der Waals surface area contributed by atoms with E-state index in [0.29, 0.717) is 17.1 Å². The zero-order valence-corrected chi connectivity index (χ0v) is 17.5. The van der Waals surface area contributed by atoms with Crippen LogP contribution in [0.25, 0.3) is 0 Å². The van der Waals surface area contributed by atoms with Crippen LogP contribution in [0.4, 0.5) is 11.4 Å². The van der Waals surface area contributed by atoms with E-state index >= 15 is 0 Å². The molecule has 0 unspecified atom stereocenters. The van der Waals surface area contributed by atoms with Crippen molar-refractivity contribution < 1.29 is 22.7 Å². The molecule has 0 aromatic heterocycles. The van der Waals surface area contributed by atoms with Gasteiger partial charge in [0.15, 0.2) is 6.10 Å². The summed E-state index contributed by atoms with van der Waals surface area (Å²) < 4.78 is 33.1. The number of nitrogens with one attached hydrogen (secondary N) is 3. The first-order valence-corrected chi connectivity index (χ1v) is 10.5. The Morgan fingerprint density at radius 1 is 0.897 bits per heavy atom. The number of ether oxygens (including phenoxy) is 1. The fourth-order valence-electron chi connectivity index (χ4n) is 2.40. The Bertz CT molecular complexity index is 955. The van der Waals surface area contributed by atoms with Crippen molar-refractivity contribution in [3.05, 3.63) is 48.5 Å². The fourth-order valence-corrected chi connectivity index (χ4v) is 3.45. The molecule has 2 aromatic rings. The van der Waals surface area contributed by atoms with Gasteiger partial charge in [0.1, 0.15) is 5.75 Å². The number of hydrogen-bond donors (Lipinski definition) is 3. The van der Waals surface area contributed by atoms with Crippen LogP contribution in [-0.2, 0) is 19.6 Å². The van der Waals surface area contributed by atoms with Crippen molar-refractivity contribution in [2.75, 3.05) is 10.0 Å². The minimum Gasteiger partial charge on any atom is -0.481 e. The van der Waals surface area contributed by atoms with Crippen LogP contribution in [0.1, 0.15) is 27.7 Å². The lowest BCUT2D eigenvalue weighted by Crippen LogP contribution is -2.40. The van der Waals surface area contributed by atoms with E-state index in [2.05, 4.69) is 15.4 Å². The Morgan fingerprint density at radius 2 is 1.45 bits per heavy atom. The molecule has 2 rings (SSSR count). The average Bonchev–Trinajstić information content (AvgIpc) is 2.62. The molecule has 9 heteroatoms. The minimum atomic E-state index is -3.80. The van der Waals surface area contributed by atoms with Gasteiger partial charge < -0.3 is 15.4 Å². The molecule has 0 aliphatic carbocycles. The van der Waals surface area contributed by atoms with E-state index in [9.17, 15) is 18.0 Å². The second-order valence-corrected chi connectivity index (χ2v) is 8.44. The summed E-state index contributed by atoms with van der Waals surface area (Å²) in [5, 5.41) is 5.35. The summed E-state index contributed by atoms with van der Waals surface area (Å²) in [5.74, 6) is -0.0762. The molecule has 0 saturated carbocycles. The van der Waals surface area contributed by atoms with Crippen LogP contribution in [0.2, 0.25) is 0 Å². The molecule has 0 aliphatic heterocycles. The Hall–Kier alpha value is -3.07. The summed E-state index contributed by atoms with van der Waals surface area (Å²) in [6.07, 6.45) is -0.708. The van der Waals surface area contributed by atoms with Gasteiger partial charge in [0, 0.05) is 24.3 Å². The zero-order chi connectivity index (χ0) is 21.6. The molecule has 0 radical (unpaired) electrons. The van der Waals surface area contributed by atoms with Crippen molar-refractivity contribution in [2.45, 2.75) is 44.7 Å². The quantitative estimate of drug-likeness (QED) is 0.609. The minimum absolute atomic E-state index is 0.000508. The molecule has 0 fully saturated rings. The van der Waals surface area contributed by atoms with Crippen molar-refractivity contribution in [2.24, 2.45) is 0 Å². The maximum Gasteiger partial charge on any atom is 0.261 e. The van der Waals surface area contributed by atoms with Gasteiger partial charge in [-0.1, -0.05) is 0 Å². The van der Waals surface area contributed by atoms with Crippen LogP contribution in [0.5, 0.6) is 5.75 Å². The van der Waals surface area contributed by atoms with Crippen molar-refractivity contribution in [3.8, 4) is 5.75 Å². The standard InChI is InChI=1S/C20H25N3O5S/c1-13(2)21-20(25)14(3)28-18-9-11-19(12-10-18)29(26,27)23-17-7-5-16(6-8-17)22-15(4)24/h5-14,23H,1-4H3,(H,21,25)(H,22,24)/t14-/m0/s1. The number of hydrogen-bond acceptors (Lipinski definition) is 5. The van der Waals surface area contributed by atoms with E-state index in [1.165, 1.54) is 31.2 Å². The second-order valence-electron chi connectivity index (χ2n) is 6.76. The highest BCUT2D eigenvalue weighted by Crippen LogP contribution is 2.21. The highest BCUT2D eigenvalue weighted by atomic mass is 32.2. The molecule has 0 heterocycles. The Kier molecular flexibility index (Phi) is 7.22. The molecule has 156 valence electrons. The van der Waals surface area contributed by atoms with Crippen LogP contribution >= 0.6 is 0 Å². The monoisotopic (exact) mass is 419 g/mol. The molecule has 2 amide bonds. The van der Waals surface area contributed by atoms with E-state index in [-0.39, 0.29) is 22.8 Å². The van der Waals surface area contributed by atoms with Gasteiger partial charge in [-0.15, -0.1) is 0 Å². The molecule has 3 N–H and O–H groups in total. The molecule has 0 saturated heterocycles. The van der Waals surface area contributed by atoms with E-state index < -0.39 is 16.1 Å². The molecule has 2 aromatic carbocycles. The third-order valence-electron chi connectivity index (χ3n) is 3.70. The molecule has 1 atom stereocenters. The number of anilines is 2. The Morgan fingerprint density at radius 3 is 1.97 bits per heavy atom. The molecule has 29 heavy (non-hydrogen) atoms. The summed E-state index contributed by atoms with van der Waals surface area (Å²) >= 11 is 0. The molecular weight excluding hydrogens is 394 g/mol. The smallest absolute Gasteiger partial charge is 0.261 e. The maximum atomic E-state index is 12.5. The lowest BCUT2D eigenvalue weighted by atomic mass is 10.3. The second kappa shape index (κ2) is 9.42. The van der Waals surface area contributed by atoms with Gasteiger partial charge in [-0.3, -0.25) is 14.3 Å². The largest absolute Gasteiger partial charge is 0.481 e. The normalized spacial score (nSPS) is 12.2. The molecule has 0 bridgehead atoms. The van der Waals surface area contributed by atoms with Gasteiger partial charge in [0.25, 0.3) is 15.9 Å². The summed E-state index contributed by atoms with van der Waals surface area (Å²) in [6.45, 7) is 6.71. The summed E-state index contributed by atoms with van der Waals surface area (Å²) in [7, 11) is -3.80. The summed E-state index contributed by atoms with van der Waals surface area (Å²) in [4.78, 5) is 23.0. The number of amides is 2. The highest BCUT2D eigenvalue weighted by molar-refractivity contribution is 7.92. The number of rotatable bonds is 8. The first kappa shape index (κ1) is 22.2. The van der Waals surface area contributed by atoms with Crippen LogP contribution in [0.3, 0.4) is 0 Å². The van der Waals surface area contributed by atoms with Gasteiger partial charge in [0.05, 0.1) is 4.90 Å². The van der Waals surface area contributed by atoms with Crippen LogP contribution in [-0.4, -0.2) is 32.4 Å². The molecule has 0 aliphatic rings. The number of carbonyl (C=O) groups excluding carboxylic acids is 2. The van der Waals surface area contributed by atoms with E-state index in [4.69, 9.17) is 4.74 Å².